The summed E-state index contributed by atoms with van der Waals surface area (Å²) in [5, 5.41) is 19.8. The third-order valence-electron chi connectivity index (χ3n) is 1.66. The second kappa shape index (κ2) is 3.14. The Morgan fingerprint density at radius 2 is 2.30 bits per heavy atom. The smallest absolute Gasteiger partial charge is 0.421 e. The van der Waals surface area contributed by atoms with E-state index in [0.717, 1.165) is 19.4 Å². The van der Waals surface area contributed by atoms with Crippen LogP contribution in [-0.2, 0) is 4.79 Å². The summed E-state index contributed by atoms with van der Waals surface area (Å²) >= 11 is 0. The highest BCUT2D eigenvalue weighted by atomic mass is 16.4. The zero-order chi connectivity index (χ0) is 7.56. The number of hydrogen-bond donors (Lipinski definition) is 3. The molecule has 0 aromatic heterocycles. The summed E-state index contributed by atoms with van der Waals surface area (Å²) in [5.41, 5.74) is -0.516. The van der Waals surface area contributed by atoms with Crippen molar-refractivity contribution in [3.63, 3.8) is 0 Å². The summed E-state index contributed by atoms with van der Waals surface area (Å²) in [6.45, 7) is 0.795. The average molecular weight is 143 g/mol. The lowest BCUT2D eigenvalue weighted by molar-refractivity contribution is -0.115. The molecule has 5 heteroatoms. The van der Waals surface area contributed by atoms with Crippen LogP contribution in [0.3, 0.4) is 0 Å². The van der Waals surface area contributed by atoms with E-state index in [1.807, 2.05) is 0 Å². The van der Waals surface area contributed by atoms with Crippen molar-refractivity contribution in [2.45, 2.75) is 18.9 Å². The highest BCUT2D eigenvalue weighted by molar-refractivity contribution is 6.79. The molecule has 0 unspecified atom stereocenters. The molecule has 56 valence electrons. The van der Waals surface area contributed by atoms with Crippen LogP contribution in [-0.4, -0.2) is 35.4 Å². The minimum Gasteiger partial charge on any atom is -0.421 e. The van der Waals surface area contributed by atoms with Gasteiger partial charge in [0.25, 0.3) is 0 Å². The molecule has 0 radical (unpaired) electrons. The predicted molar refractivity (Wildman–Crippen MR) is 36.2 cm³/mol. The second-order valence-corrected chi connectivity index (χ2v) is 2.42. The molecule has 0 spiro atoms. The number of carbonyl (C=O) groups is 1. The van der Waals surface area contributed by atoms with Crippen molar-refractivity contribution in [1.82, 2.24) is 5.32 Å². The van der Waals surface area contributed by atoms with Crippen LogP contribution in [0.4, 0.5) is 0 Å². The lowest BCUT2D eigenvalue weighted by Gasteiger charge is -2.06. The van der Waals surface area contributed by atoms with Crippen molar-refractivity contribution < 1.29 is 14.8 Å². The molecule has 10 heavy (non-hydrogen) atoms. The van der Waals surface area contributed by atoms with Gasteiger partial charge in [-0.1, -0.05) is 0 Å². The van der Waals surface area contributed by atoms with Crippen molar-refractivity contribution in [3.05, 3.63) is 0 Å². The Morgan fingerprint density at radius 1 is 1.60 bits per heavy atom. The first-order chi connectivity index (χ1) is 4.72. The average Bonchev–Trinajstić information content (AvgIpc) is 2.36. The Kier molecular flexibility index (Phi) is 2.42. The highest BCUT2D eigenvalue weighted by Gasteiger charge is 2.30. The lowest BCUT2D eigenvalue weighted by atomic mass is 9.79. The molecule has 0 aromatic rings. The molecule has 4 nitrogen and oxygen atoms in total. The maximum atomic E-state index is 10.8. The molecule has 1 fully saturated rings. The molecule has 0 aromatic carbocycles. The first-order valence-electron chi connectivity index (χ1n) is 3.35. The molecule has 1 heterocycles. The van der Waals surface area contributed by atoms with E-state index in [0.29, 0.717) is 0 Å². The van der Waals surface area contributed by atoms with Gasteiger partial charge >= 0.3 is 7.12 Å². The molecule has 1 saturated heterocycles. The number of hydrogen-bond acceptors (Lipinski definition) is 4. The Hall–Kier alpha value is -0.385. The van der Waals surface area contributed by atoms with Gasteiger partial charge in [0, 0.05) is 0 Å². The fourth-order valence-electron chi connectivity index (χ4n) is 1.11. The molecule has 1 rings (SSSR count). The molecular formula is C5H10BNO3. The molecule has 0 bridgehead atoms. The minimum atomic E-state index is -1.81. The zero-order valence-electron chi connectivity index (χ0n) is 5.58. The zero-order valence-corrected chi connectivity index (χ0v) is 5.58. The maximum Gasteiger partial charge on any atom is 0.528 e. The van der Waals surface area contributed by atoms with Crippen molar-refractivity contribution >= 4 is 12.8 Å². The summed E-state index contributed by atoms with van der Waals surface area (Å²) in [6.07, 6.45) is 1.65. The lowest BCUT2D eigenvalue weighted by Crippen LogP contribution is -2.41. The predicted octanol–water partition coefficient (Wildman–Crippen LogP) is -1.68. The van der Waals surface area contributed by atoms with Gasteiger partial charge in [0.1, 0.15) is 0 Å². The highest BCUT2D eigenvalue weighted by Crippen LogP contribution is 2.05. The largest absolute Gasteiger partial charge is 0.528 e. The molecule has 0 aliphatic carbocycles. The van der Waals surface area contributed by atoms with Gasteiger partial charge in [-0.3, -0.25) is 0 Å². The van der Waals surface area contributed by atoms with E-state index >= 15 is 0 Å². The van der Waals surface area contributed by atoms with Gasteiger partial charge in [0.05, 0.1) is 6.04 Å². The minimum absolute atomic E-state index is 0.333. The second-order valence-electron chi connectivity index (χ2n) is 2.42. The van der Waals surface area contributed by atoms with Gasteiger partial charge < -0.3 is 20.2 Å². The van der Waals surface area contributed by atoms with E-state index in [1.165, 1.54) is 0 Å². The first kappa shape index (κ1) is 7.72. The molecule has 0 saturated carbocycles. The van der Waals surface area contributed by atoms with Crippen molar-refractivity contribution in [1.29, 1.82) is 0 Å². The van der Waals surface area contributed by atoms with Gasteiger partial charge in [-0.15, -0.1) is 0 Å². The molecular weight excluding hydrogens is 133 g/mol. The number of nitrogens with one attached hydrogen (secondary N) is 1. The monoisotopic (exact) mass is 143 g/mol. The Morgan fingerprint density at radius 3 is 2.70 bits per heavy atom. The Labute approximate surface area is 59.4 Å². The topological polar surface area (TPSA) is 69.6 Å². The van der Waals surface area contributed by atoms with E-state index in [4.69, 9.17) is 10.0 Å². The summed E-state index contributed by atoms with van der Waals surface area (Å²) in [6, 6.07) is -0.333. The van der Waals surface area contributed by atoms with Gasteiger partial charge in [-0.25, -0.2) is 0 Å². The fraction of sp³-hybridized carbons (Fsp3) is 0.800. The quantitative estimate of drug-likeness (QED) is 0.404. The standard InChI is InChI=1S/C5H10BNO3/c8-5(6(9)10)4-2-1-3-7-4/h4,7,9-10H,1-3H2/t4-/m0/s1. The van der Waals surface area contributed by atoms with Crippen LogP contribution < -0.4 is 5.32 Å². The van der Waals surface area contributed by atoms with Crippen LogP contribution in [0.1, 0.15) is 12.8 Å². The molecule has 1 atom stereocenters. The van der Waals surface area contributed by atoms with Crippen LogP contribution in [0, 0.1) is 0 Å². The summed E-state index contributed by atoms with van der Waals surface area (Å²) in [7, 11) is -1.81. The van der Waals surface area contributed by atoms with E-state index in [1.54, 1.807) is 0 Å². The van der Waals surface area contributed by atoms with Crippen molar-refractivity contribution in [2.75, 3.05) is 6.54 Å². The fourth-order valence-corrected chi connectivity index (χ4v) is 1.11. The first-order valence-corrected chi connectivity index (χ1v) is 3.35. The van der Waals surface area contributed by atoms with E-state index in [-0.39, 0.29) is 6.04 Å². The molecule has 0 amide bonds. The van der Waals surface area contributed by atoms with Crippen LogP contribution in [0.15, 0.2) is 0 Å². The van der Waals surface area contributed by atoms with Gasteiger partial charge in [-0.05, 0) is 19.4 Å². The third kappa shape index (κ3) is 1.56. The molecule has 1 aliphatic rings. The summed E-state index contributed by atoms with van der Waals surface area (Å²) in [4.78, 5) is 10.8. The number of carbonyl (C=O) groups excluding carboxylic acids is 1. The molecule has 3 N–H and O–H groups in total. The van der Waals surface area contributed by atoms with Crippen LogP contribution in [0.25, 0.3) is 0 Å². The van der Waals surface area contributed by atoms with Gasteiger partial charge in [0.2, 0.25) is 0 Å². The SMILES string of the molecule is O=C(B(O)O)[C@@H]1CCCN1. The van der Waals surface area contributed by atoms with Gasteiger partial charge in [0.15, 0.2) is 5.68 Å². The van der Waals surface area contributed by atoms with Gasteiger partial charge in [-0.2, -0.15) is 0 Å². The molecule has 1 aliphatic heterocycles. The Bertz CT molecular complexity index is 133. The summed E-state index contributed by atoms with van der Waals surface area (Å²) in [5.74, 6) is 0. The van der Waals surface area contributed by atoms with E-state index in [2.05, 4.69) is 5.32 Å². The van der Waals surface area contributed by atoms with Crippen molar-refractivity contribution in [2.24, 2.45) is 0 Å². The van der Waals surface area contributed by atoms with E-state index < -0.39 is 12.8 Å². The van der Waals surface area contributed by atoms with Crippen LogP contribution >= 0.6 is 0 Å². The van der Waals surface area contributed by atoms with Crippen LogP contribution in [0.2, 0.25) is 0 Å². The normalized spacial score (nSPS) is 24.8. The Balaban J connectivity index is 2.40. The summed E-state index contributed by atoms with van der Waals surface area (Å²) < 4.78 is 0. The number of rotatable bonds is 2. The van der Waals surface area contributed by atoms with Crippen LogP contribution in [0.5, 0.6) is 0 Å². The maximum absolute atomic E-state index is 10.8. The van der Waals surface area contributed by atoms with E-state index in [9.17, 15) is 4.79 Å². The third-order valence-corrected chi connectivity index (χ3v) is 1.66. The van der Waals surface area contributed by atoms with Crippen molar-refractivity contribution in [3.8, 4) is 0 Å².